The molecular formula is C22H29N5O3S. The summed E-state index contributed by atoms with van der Waals surface area (Å²) in [4.78, 5) is 23.5. The number of carbonyl (C=O) groups is 1. The molecule has 2 fully saturated rings. The van der Waals surface area contributed by atoms with Crippen LogP contribution in [0.5, 0.6) is 0 Å². The van der Waals surface area contributed by atoms with E-state index in [1.807, 2.05) is 0 Å². The molecule has 1 N–H and O–H groups in total. The van der Waals surface area contributed by atoms with E-state index in [-0.39, 0.29) is 11.8 Å². The second-order valence-corrected chi connectivity index (χ2v) is 10.1. The highest BCUT2D eigenvalue weighted by atomic mass is 32.2. The second-order valence-electron chi connectivity index (χ2n) is 8.15. The van der Waals surface area contributed by atoms with Gasteiger partial charge in [-0.05, 0) is 43.4 Å². The summed E-state index contributed by atoms with van der Waals surface area (Å²) < 4.78 is 27.1. The number of aromatic nitrogens is 2. The first-order valence-corrected chi connectivity index (χ1v) is 12.4. The second kappa shape index (κ2) is 9.74. The van der Waals surface area contributed by atoms with Gasteiger partial charge in [0.05, 0.1) is 11.1 Å². The molecule has 31 heavy (non-hydrogen) atoms. The lowest BCUT2D eigenvalue weighted by molar-refractivity contribution is -0.125. The van der Waals surface area contributed by atoms with E-state index in [2.05, 4.69) is 20.2 Å². The predicted octanol–water partition coefficient (Wildman–Crippen LogP) is 2.18. The number of nitrogens with zero attached hydrogens (tertiary/aromatic N) is 4. The van der Waals surface area contributed by atoms with Crippen molar-refractivity contribution in [3.63, 3.8) is 0 Å². The van der Waals surface area contributed by atoms with E-state index in [1.165, 1.54) is 0 Å². The SMILES string of the molecule is O=C(NCc1ccc(S(=O)(=O)N2CCCCC2)cc1)C1CCN(c2cnccn2)CC1. The highest BCUT2D eigenvalue weighted by molar-refractivity contribution is 7.89. The molecule has 8 nitrogen and oxygen atoms in total. The number of rotatable bonds is 6. The lowest BCUT2D eigenvalue weighted by Crippen LogP contribution is -2.40. The van der Waals surface area contributed by atoms with Crippen molar-refractivity contribution >= 4 is 21.7 Å². The van der Waals surface area contributed by atoms with Gasteiger partial charge in [0.25, 0.3) is 0 Å². The average molecular weight is 444 g/mol. The Morgan fingerprint density at radius 2 is 1.71 bits per heavy atom. The van der Waals surface area contributed by atoms with Gasteiger partial charge < -0.3 is 10.2 Å². The maximum Gasteiger partial charge on any atom is 0.243 e. The molecule has 0 unspecified atom stereocenters. The molecule has 0 atom stereocenters. The molecule has 3 heterocycles. The fourth-order valence-corrected chi connectivity index (χ4v) is 5.71. The van der Waals surface area contributed by atoms with Gasteiger partial charge in [0.2, 0.25) is 15.9 Å². The first-order chi connectivity index (χ1) is 15.0. The van der Waals surface area contributed by atoms with Crippen LogP contribution in [0.15, 0.2) is 47.8 Å². The van der Waals surface area contributed by atoms with Gasteiger partial charge in [0.15, 0.2) is 0 Å². The van der Waals surface area contributed by atoms with E-state index >= 15 is 0 Å². The highest BCUT2D eigenvalue weighted by Gasteiger charge is 2.27. The van der Waals surface area contributed by atoms with E-state index in [4.69, 9.17) is 0 Å². The molecule has 1 aromatic carbocycles. The molecular weight excluding hydrogens is 414 g/mol. The Kier molecular flexibility index (Phi) is 6.82. The van der Waals surface area contributed by atoms with Gasteiger partial charge in [-0.3, -0.25) is 9.78 Å². The number of nitrogens with one attached hydrogen (secondary N) is 1. The fraction of sp³-hybridized carbons (Fsp3) is 0.500. The van der Waals surface area contributed by atoms with Gasteiger partial charge in [-0.1, -0.05) is 18.6 Å². The Morgan fingerprint density at radius 1 is 1.00 bits per heavy atom. The number of amides is 1. The molecule has 0 spiro atoms. The van der Waals surface area contributed by atoms with Crippen molar-refractivity contribution in [3.05, 3.63) is 48.4 Å². The minimum Gasteiger partial charge on any atom is -0.355 e. The summed E-state index contributed by atoms with van der Waals surface area (Å²) in [6.07, 6.45) is 9.54. The number of hydrogen-bond donors (Lipinski definition) is 1. The predicted molar refractivity (Wildman–Crippen MR) is 118 cm³/mol. The van der Waals surface area contributed by atoms with Crippen molar-refractivity contribution in [2.75, 3.05) is 31.1 Å². The van der Waals surface area contributed by atoms with Crippen LogP contribution in [0.2, 0.25) is 0 Å². The zero-order chi connectivity index (χ0) is 21.7. The van der Waals surface area contributed by atoms with Gasteiger partial charge in [-0.2, -0.15) is 4.31 Å². The van der Waals surface area contributed by atoms with Crippen molar-refractivity contribution in [1.29, 1.82) is 0 Å². The molecule has 9 heteroatoms. The van der Waals surface area contributed by atoms with E-state index in [9.17, 15) is 13.2 Å². The molecule has 166 valence electrons. The lowest BCUT2D eigenvalue weighted by atomic mass is 9.96. The molecule has 2 aliphatic rings. The van der Waals surface area contributed by atoms with Gasteiger partial charge in [-0.15, -0.1) is 0 Å². The van der Waals surface area contributed by atoms with Crippen molar-refractivity contribution in [2.45, 2.75) is 43.5 Å². The Labute approximate surface area is 183 Å². The molecule has 2 aliphatic heterocycles. The van der Waals surface area contributed by atoms with E-state index in [1.54, 1.807) is 47.2 Å². The number of carbonyl (C=O) groups excluding carboxylic acids is 1. The van der Waals surface area contributed by atoms with Crippen LogP contribution in [-0.2, 0) is 21.4 Å². The molecule has 2 aromatic rings. The first kappa shape index (κ1) is 21.7. The average Bonchev–Trinajstić information content (AvgIpc) is 2.84. The monoisotopic (exact) mass is 443 g/mol. The number of sulfonamides is 1. The van der Waals surface area contributed by atoms with Crippen molar-refractivity contribution in [2.24, 2.45) is 5.92 Å². The third-order valence-corrected chi connectivity index (χ3v) is 8.00. The summed E-state index contributed by atoms with van der Waals surface area (Å²) in [7, 11) is -3.42. The summed E-state index contributed by atoms with van der Waals surface area (Å²) in [5, 5.41) is 3.00. The number of piperidine rings is 2. The van der Waals surface area contributed by atoms with Crippen molar-refractivity contribution in [3.8, 4) is 0 Å². The molecule has 0 aliphatic carbocycles. The Balaban J connectivity index is 1.27. The van der Waals surface area contributed by atoms with Crippen LogP contribution in [0.3, 0.4) is 0 Å². The van der Waals surface area contributed by atoms with Crippen LogP contribution in [0, 0.1) is 5.92 Å². The molecule has 0 saturated carbocycles. The van der Waals surface area contributed by atoms with Crippen molar-refractivity contribution in [1.82, 2.24) is 19.6 Å². The van der Waals surface area contributed by atoms with E-state index in [0.29, 0.717) is 24.5 Å². The zero-order valence-electron chi connectivity index (χ0n) is 17.6. The van der Waals surface area contributed by atoms with Crippen LogP contribution in [-0.4, -0.2) is 54.8 Å². The van der Waals surface area contributed by atoms with Crippen LogP contribution in [0.25, 0.3) is 0 Å². The lowest BCUT2D eigenvalue weighted by Gasteiger charge is -2.31. The zero-order valence-corrected chi connectivity index (χ0v) is 18.4. The topological polar surface area (TPSA) is 95.5 Å². The Hall–Kier alpha value is -2.52. The van der Waals surface area contributed by atoms with E-state index < -0.39 is 10.0 Å². The third kappa shape index (κ3) is 5.22. The minimum absolute atomic E-state index is 0.0216. The summed E-state index contributed by atoms with van der Waals surface area (Å²) in [6, 6.07) is 6.86. The van der Waals surface area contributed by atoms with Gasteiger partial charge >= 0.3 is 0 Å². The maximum atomic E-state index is 12.7. The van der Waals surface area contributed by atoms with Crippen molar-refractivity contribution < 1.29 is 13.2 Å². The molecule has 0 bridgehead atoms. The molecule has 4 rings (SSSR count). The highest BCUT2D eigenvalue weighted by Crippen LogP contribution is 2.22. The van der Waals surface area contributed by atoms with Crippen LogP contribution >= 0.6 is 0 Å². The summed E-state index contributed by atoms with van der Waals surface area (Å²) in [6.45, 7) is 3.14. The van der Waals surface area contributed by atoms with Crippen LogP contribution in [0.1, 0.15) is 37.7 Å². The molecule has 2 saturated heterocycles. The van der Waals surface area contributed by atoms with Crippen LogP contribution < -0.4 is 10.2 Å². The van der Waals surface area contributed by atoms with Crippen LogP contribution in [0.4, 0.5) is 5.82 Å². The summed E-state index contributed by atoms with van der Waals surface area (Å²) in [5.41, 5.74) is 0.892. The molecule has 1 aromatic heterocycles. The number of benzene rings is 1. The van der Waals surface area contributed by atoms with Gasteiger partial charge in [0.1, 0.15) is 5.82 Å². The maximum absolute atomic E-state index is 12.7. The summed E-state index contributed by atoms with van der Waals surface area (Å²) in [5.74, 6) is 0.872. The minimum atomic E-state index is -3.42. The standard InChI is InChI=1S/C22H29N5O3S/c28-22(19-8-14-26(15-9-19)21-17-23-10-11-24-21)25-16-18-4-6-20(7-5-18)31(29,30)27-12-2-1-3-13-27/h4-7,10-11,17,19H,1-3,8-9,12-16H2,(H,25,28). The first-order valence-electron chi connectivity index (χ1n) is 10.9. The van der Waals surface area contributed by atoms with Gasteiger partial charge in [0, 0.05) is 51.0 Å². The Bertz CT molecular complexity index is 968. The normalized spacial score (nSPS) is 18.6. The number of anilines is 1. The van der Waals surface area contributed by atoms with E-state index in [0.717, 1.165) is 56.6 Å². The quantitative estimate of drug-likeness (QED) is 0.735. The largest absolute Gasteiger partial charge is 0.355 e. The molecule has 1 amide bonds. The fourth-order valence-electron chi connectivity index (χ4n) is 4.19. The smallest absolute Gasteiger partial charge is 0.243 e. The number of hydrogen-bond acceptors (Lipinski definition) is 6. The molecule has 0 radical (unpaired) electrons. The Morgan fingerprint density at radius 3 is 2.35 bits per heavy atom. The van der Waals surface area contributed by atoms with Gasteiger partial charge in [-0.25, -0.2) is 13.4 Å². The summed E-state index contributed by atoms with van der Waals surface area (Å²) >= 11 is 0. The third-order valence-electron chi connectivity index (χ3n) is 6.08.